The highest BCUT2D eigenvalue weighted by Gasteiger charge is 2.27. The molecule has 6 nitrogen and oxygen atoms in total. The molecule has 0 unspecified atom stereocenters. The number of hydrogen-bond acceptors (Lipinski definition) is 7. The molecule has 0 radical (unpaired) electrons. The monoisotopic (exact) mass is 406 g/mol. The molecular formula is C19H26N4O2S2. The van der Waals surface area contributed by atoms with Crippen LogP contribution in [0.25, 0.3) is 0 Å². The molecule has 1 aromatic carbocycles. The lowest BCUT2D eigenvalue weighted by atomic mass is 9.99. The summed E-state index contributed by atoms with van der Waals surface area (Å²) in [6.07, 6.45) is 2.89. The number of rotatable bonds is 7. The lowest BCUT2D eigenvalue weighted by Gasteiger charge is -2.31. The van der Waals surface area contributed by atoms with Gasteiger partial charge in [0.1, 0.15) is 0 Å². The van der Waals surface area contributed by atoms with Gasteiger partial charge < -0.3 is 10.1 Å². The molecule has 146 valence electrons. The van der Waals surface area contributed by atoms with Crippen LogP contribution in [0.2, 0.25) is 0 Å². The Morgan fingerprint density at radius 1 is 1.37 bits per heavy atom. The van der Waals surface area contributed by atoms with E-state index in [1.165, 1.54) is 16.9 Å². The van der Waals surface area contributed by atoms with Gasteiger partial charge in [-0.2, -0.15) is 0 Å². The number of benzene rings is 1. The molecule has 27 heavy (non-hydrogen) atoms. The van der Waals surface area contributed by atoms with E-state index in [1.807, 2.05) is 11.6 Å². The molecule has 8 heteroatoms. The molecular weight excluding hydrogens is 380 g/mol. The number of anilines is 2. The molecule has 1 aromatic heterocycles. The van der Waals surface area contributed by atoms with Gasteiger partial charge in [0.05, 0.1) is 19.2 Å². The zero-order valence-corrected chi connectivity index (χ0v) is 17.4. The zero-order chi connectivity index (χ0) is 19.2. The number of aryl methyl sites for hydroxylation is 1. The summed E-state index contributed by atoms with van der Waals surface area (Å²) in [5.74, 6) is -0.150. The molecule has 0 saturated carbocycles. The minimum atomic E-state index is -0.0954. The maximum atomic E-state index is 12.0. The van der Waals surface area contributed by atoms with Crippen LogP contribution in [-0.2, 0) is 22.6 Å². The maximum absolute atomic E-state index is 12.0. The fourth-order valence-corrected chi connectivity index (χ4v) is 4.23. The average Bonchev–Trinajstić information content (AvgIpc) is 3.01. The van der Waals surface area contributed by atoms with Gasteiger partial charge in [0.2, 0.25) is 5.13 Å². The van der Waals surface area contributed by atoms with Gasteiger partial charge in [0.25, 0.3) is 0 Å². The predicted molar refractivity (Wildman–Crippen MR) is 111 cm³/mol. The molecule has 1 aliphatic rings. The fraction of sp³-hybridized carbons (Fsp3) is 0.526. The minimum Gasteiger partial charge on any atom is -0.466 e. The standard InChI is InChI=1S/C19H26N4O2S2/c1-3-14-7-9-16(10-8-14)20-18-21-23(19(26)27-18)13-22-11-5-6-15(12-22)17(24)25-4-2/h7-10,15H,3-6,11-13H2,1-2H3,(H,20,21)/t15-/m0/s1. The van der Waals surface area contributed by atoms with Gasteiger partial charge in [-0.15, -0.1) is 5.10 Å². The number of piperidine rings is 1. The first kappa shape index (κ1) is 20.0. The first-order chi connectivity index (χ1) is 13.1. The van der Waals surface area contributed by atoms with Gasteiger partial charge in [0, 0.05) is 12.2 Å². The van der Waals surface area contributed by atoms with E-state index in [1.54, 1.807) is 0 Å². The van der Waals surface area contributed by atoms with Gasteiger partial charge in [-0.05, 0) is 62.6 Å². The van der Waals surface area contributed by atoms with E-state index in [4.69, 9.17) is 17.0 Å². The molecule has 2 aromatic rings. The van der Waals surface area contributed by atoms with Crippen LogP contribution >= 0.6 is 23.6 Å². The SMILES string of the molecule is CCOC(=O)[C@H]1CCCN(Cn2nc(Nc3ccc(CC)cc3)sc2=S)C1. The molecule has 1 saturated heterocycles. The quantitative estimate of drug-likeness (QED) is 0.549. The summed E-state index contributed by atoms with van der Waals surface area (Å²) in [5.41, 5.74) is 2.31. The number of hydrogen-bond donors (Lipinski definition) is 1. The summed E-state index contributed by atoms with van der Waals surface area (Å²) in [5, 5.41) is 8.72. The molecule has 1 atom stereocenters. The Morgan fingerprint density at radius 2 is 2.15 bits per heavy atom. The van der Waals surface area contributed by atoms with Gasteiger partial charge in [-0.3, -0.25) is 9.69 Å². The summed E-state index contributed by atoms with van der Waals surface area (Å²) in [6, 6.07) is 8.34. The molecule has 1 N–H and O–H groups in total. The fourth-order valence-electron chi connectivity index (χ4n) is 3.22. The van der Waals surface area contributed by atoms with Gasteiger partial charge in [-0.25, -0.2) is 4.68 Å². The number of carbonyl (C=O) groups excluding carboxylic acids is 1. The summed E-state index contributed by atoms with van der Waals surface area (Å²) >= 11 is 6.94. The van der Waals surface area contributed by atoms with Crippen LogP contribution < -0.4 is 5.32 Å². The lowest BCUT2D eigenvalue weighted by molar-refractivity contribution is -0.150. The minimum absolute atomic E-state index is 0.0545. The van der Waals surface area contributed by atoms with Crippen molar-refractivity contribution >= 4 is 40.3 Å². The van der Waals surface area contributed by atoms with Crippen LogP contribution in [0.4, 0.5) is 10.8 Å². The van der Waals surface area contributed by atoms with Crippen molar-refractivity contribution in [3.63, 3.8) is 0 Å². The normalized spacial score (nSPS) is 17.6. The third-order valence-corrected chi connectivity index (χ3v) is 5.90. The molecule has 3 rings (SSSR count). The molecule has 0 aliphatic carbocycles. The van der Waals surface area contributed by atoms with Crippen LogP contribution in [0.1, 0.15) is 32.3 Å². The largest absolute Gasteiger partial charge is 0.466 e. The Morgan fingerprint density at radius 3 is 2.85 bits per heavy atom. The maximum Gasteiger partial charge on any atom is 0.310 e. The van der Waals surface area contributed by atoms with Crippen molar-refractivity contribution in [1.82, 2.24) is 14.7 Å². The highest BCUT2D eigenvalue weighted by atomic mass is 32.1. The molecule has 0 amide bonds. The number of carbonyl (C=O) groups is 1. The van der Waals surface area contributed by atoms with Crippen molar-refractivity contribution in [2.75, 3.05) is 25.0 Å². The smallest absolute Gasteiger partial charge is 0.310 e. The van der Waals surface area contributed by atoms with Crippen LogP contribution in [0.15, 0.2) is 24.3 Å². The first-order valence-corrected chi connectivity index (χ1v) is 10.6. The van der Waals surface area contributed by atoms with Crippen molar-refractivity contribution < 1.29 is 9.53 Å². The van der Waals surface area contributed by atoms with E-state index >= 15 is 0 Å². The number of nitrogens with zero attached hydrogens (tertiary/aromatic N) is 3. The van der Waals surface area contributed by atoms with Crippen LogP contribution in [0.5, 0.6) is 0 Å². The van der Waals surface area contributed by atoms with E-state index in [2.05, 4.69) is 46.5 Å². The van der Waals surface area contributed by atoms with Gasteiger partial charge in [-0.1, -0.05) is 30.4 Å². The van der Waals surface area contributed by atoms with E-state index in [0.717, 1.165) is 40.6 Å². The molecule has 2 heterocycles. The van der Waals surface area contributed by atoms with E-state index in [9.17, 15) is 4.79 Å². The molecule has 1 aliphatic heterocycles. The molecule has 1 fully saturated rings. The van der Waals surface area contributed by atoms with Gasteiger partial charge in [0.15, 0.2) is 3.95 Å². The van der Waals surface area contributed by atoms with E-state index in [0.29, 0.717) is 19.8 Å². The average molecular weight is 407 g/mol. The Labute approximate surface area is 169 Å². The first-order valence-electron chi connectivity index (χ1n) is 9.42. The molecule has 0 bridgehead atoms. The second-order valence-corrected chi connectivity index (χ2v) is 8.28. The van der Waals surface area contributed by atoms with Crippen molar-refractivity contribution in [2.24, 2.45) is 5.92 Å². The van der Waals surface area contributed by atoms with Crippen LogP contribution in [0, 0.1) is 9.87 Å². The second kappa shape index (κ2) is 9.43. The highest BCUT2D eigenvalue weighted by Crippen LogP contribution is 2.23. The van der Waals surface area contributed by atoms with E-state index in [-0.39, 0.29) is 11.9 Å². The Balaban J connectivity index is 1.62. The highest BCUT2D eigenvalue weighted by molar-refractivity contribution is 7.73. The Bertz CT molecular complexity index is 816. The third kappa shape index (κ3) is 5.37. The lowest BCUT2D eigenvalue weighted by Crippen LogP contribution is -2.40. The summed E-state index contributed by atoms with van der Waals surface area (Å²) < 4.78 is 7.73. The third-order valence-electron chi connectivity index (χ3n) is 4.68. The number of aromatic nitrogens is 2. The van der Waals surface area contributed by atoms with Crippen molar-refractivity contribution in [2.45, 2.75) is 39.8 Å². The van der Waals surface area contributed by atoms with Crippen molar-refractivity contribution in [1.29, 1.82) is 0 Å². The topological polar surface area (TPSA) is 59.4 Å². The van der Waals surface area contributed by atoms with Crippen LogP contribution in [-0.4, -0.2) is 40.3 Å². The summed E-state index contributed by atoms with van der Waals surface area (Å²) in [6.45, 7) is 6.65. The number of esters is 1. The Kier molecular flexibility index (Phi) is 6.98. The van der Waals surface area contributed by atoms with Crippen molar-refractivity contribution in [3.8, 4) is 0 Å². The Hall–Kier alpha value is -1.77. The predicted octanol–water partition coefficient (Wildman–Crippen LogP) is 4.21. The number of ether oxygens (including phenoxy) is 1. The molecule has 0 spiro atoms. The summed E-state index contributed by atoms with van der Waals surface area (Å²) in [4.78, 5) is 14.2. The van der Waals surface area contributed by atoms with Crippen molar-refractivity contribution in [3.05, 3.63) is 33.8 Å². The number of nitrogens with one attached hydrogen (secondary N) is 1. The number of likely N-dealkylation sites (tertiary alicyclic amines) is 1. The second-order valence-electron chi connectivity index (χ2n) is 6.66. The zero-order valence-electron chi connectivity index (χ0n) is 15.8. The van der Waals surface area contributed by atoms with Crippen LogP contribution in [0.3, 0.4) is 0 Å². The van der Waals surface area contributed by atoms with E-state index < -0.39 is 0 Å². The van der Waals surface area contributed by atoms with Gasteiger partial charge >= 0.3 is 5.97 Å². The summed E-state index contributed by atoms with van der Waals surface area (Å²) in [7, 11) is 0.